The van der Waals surface area contributed by atoms with Crippen molar-refractivity contribution in [2.45, 2.75) is 19.3 Å². The molecule has 0 bridgehead atoms. The van der Waals surface area contributed by atoms with Gasteiger partial charge >= 0.3 is 5.97 Å². The summed E-state index contributed by atoms with van der Waals surface area (Å²) in [7, 11) is 1.38. The molecule has 1 heterocycles. The van der Waals surface area contributed by atoms with Crippen LogP contribution in [0, 0.1) is 6.92 Å². The zero-order valence-electron chi connectivity index (χ0n) is 8.32. The van der Waals surface area contributed by atoms with Gasteiger partial charge in [0, 0.05) is 23.5 Å². The number of carbonyl (C=O) groups excluding carboxylic acids is 1. The van der Waals surface area contributed by atoms with E-state index in [1.807, 2.05) is 12.3 Å². The van der Waals surface area contributed by atoms with Crippen molar-refractivity contribution in [3.8, 4) is 0 Å². The quantitative estimate of drug-likeness (QED) is 0.761. The van der Waals surface area contributed by atoms with Crippen molar-refractivity contribution >= 4 is 17.3 Å². The highest BCUT2D eigenvalue weighted by Crippen LogP contribution is 2.22. The molecule has 0 aliphatic rings. The lowest BCUT2D eigenvalue weighted by Gasteiger charge is -2.09. The van der Waals surface area contributed by atoms with E-state index in [1.165, 1.54) is 18.4 Å². The van der Waals surface area contributed by atoms with E-state index in [1.54, 1.807) is 0 Å². The summed E-state index contributed by atoms with van der Waals surface area (Å²) in [5, 5.41) is 2.87. The summed E-state index contributed by atoms with van der Waals surface area (Å²) >= 11 is 1.54. The molecule has 0 aromatic carbocycles. The number of esters is 1. The number of methoxy groups -OCH3 is 1. The Labute approximate surface area is 87.1 Å². The molecule has 1 unspecified atom stereocenters. The SMILES string of the molecule is COC(=O)CC(CN)c1nc(C)cs1. The highest BCUT2D eigenvalue weighted by molar-refractivity contribution is 7.09. The lowest BCUT2D eigenvalue weighted by Crippen LogP contribution is -2.17. The lowest BCUT2D eigenvalue weighted by molar-refractivity contribution is -0.141. The molecule has 78 valence electrons. The van der Waals surface area contributed by atoms with Crippen LogP contribution in [0.3, 0.4) is 0 Å². The van der Waals surface area contributed by atoms with Gasteiger partial charge in [0.15, 0.2) is 0 Å². The molecular formula is C9H14N2O2S. The summed E-state index contributed by atoms with van der Waals surface area (Å²) in [6.07, 6.45) is 0.306. The number of nitrogens with two attached hydrogens (primary N) is 1. The number of thiazole rings is 1. The van der Waals surface area contributed by atoms with Crippen LogP contribution in [0.1, 0.15) is 23.0 Å². The third-order valence-corrected chi connectivity index (χ3v) is 3.04. The van der Waals surface area contributed by atoms with E-state index in [4.69, 9.17) is 5.73 Å². The molecule has 0 amide bonds. The number of aromatic nitrogens is 1. The molecule has 0 spiro atoms. The monoisotopic (exact) mass is 214 g/mol. The first-order valence-corrected chi connectivity index (χ1v) is 5.24. The Kier molecular flexibility index (Phi) is 4.03. The van der Waals surface area contributed by atoms with E-state index in [9.17, 15) is 4.79 Å². The lowest BCUT2D eigenvalue weighted by atomic mass is 10.1. The maximum Gasteiger partial charge on any atom is 0.306 e. The summed E-state index contributed by atoms with van der Waals surface area (Å²) in [5.74, 6) is -0.255. The maximum absolute atomic E-state index is 11.1. The number of rotatable bonds is 4. The summed E-state index contributed by atoms with van der Waals surface area (Å²) in [6, 6.07) is 0. The number of ether oxygens (including phenoxy) is 1. The van der Waals surface area contributed by atoms with Crippen LogP contribution in [-0.4, -0.2) is 24.6 Å². The molecule has 0 saturated carbocycles. The Balaban J connectivity index is 2.67. The third-order valence-electron chi connectivity index (χ3n) is 1.91. The van der Waals surface area contributed by atoms with E-state index in [0.717, 1.165) is 10.7 Å². The molecule has 0 saturated heterocycles. The smallest absolute Gasteiger partial charge is 0.306 e. The second-order valence-electron chi connectivity index (χ2n) is 3.04. The van der Waals surface area contributed by atoms with Crippen LogP contribution in [0.2, 0.25) is 0 Å². The molecule has 1 aromatic heterocycles. The molecule has 0 aliphatic carbocycles. The van der Waals surface area contributed by atoms with Gasteiger partial charge in [0.05, 0.1) is 18.5 Å². The van der Waals surface area contributed by atoms with Gasteiger partial charge in [-0.2, -0.15) is 0 Å². The second kappa shape index (κ2) is 5.07. The van der Waals surface area contributed by atoms with Crippen LogP contribution >= 0.6 is 11.3 Å². The van der Waals surface area contributed by atoms with Gasteiger partial charge in [-0.1, -0.05) is 0 Å². The molecule has 0 aliphatic heterocycles. The number of hydrogen-bond acceptors (Lipinski definition) is 5. The van der Waals surface area contributed by atoms with Crippen LogP contribution in [-0.2, 0) is 9.53 Å². The van der Waals surface area contributed by atoms with Crippen LogP contribution in [0.25, 0.3) is 0 Å². The van der Waals surface area contributed by atoms with Crippen molar-refractivity contribution in [1.29, 1.82) is 0 Å². The van der Waals surface area contributed by atoms with E-state index < -0.39 is 0 Å². The van der Waals surface area contributed by atoms with E-state index in [-0.39, 0.29) is 11.9 Å². The number of aryl methyl sites for hydroxylation is 1. The molecule has 1 aromatic rings. The van der Waals surface area contributed by atoms with Crippen molar-refractivity contribution in [1.82, 2.24) is 4.98 Å². The first kappa shape index (κ1) is 11.1. The minimum absolute atomic E-state index is 0.0128. The standard InChI is InChI=1S/C9H14N2O2S/c1-6-5-14-9(11-6)7(4-10)3-8(12)13-2/h5,7H,3-4,10H2,1-2H3. The minimum atomic E-state index is -0.242. The molecule has 1 rings (SSSR count). The van der Waals surface area contributed by atoms with Gasteiger partial charge in [-0.05, 0) is 6.92 Å². The number of hydrogen-bond donors (Lipinski definition) is 1. The molecule has 0 radical (unpaired) electrons. The Morgan fingerprint density at radius 3 is 2.93 bits per heavy atom. The fourth-order valence-corrected chi connectivity index (χ4v) is 2.03. The summed E-state index contributed by atoms with van der Waals surface area (Å²) in [4.78, 5) is 15.4. The van der Waals surface area contributed by atoms with Gasteiger partial charge in [-0.25, -0.2) is 4.98 Å². The van der Waals surface area contributed by atoms with Gasteiger partial charge in [0.1, 0.15) is 0 Å². The van der Waals surface area contributed by atoms with Gasteiger partial charge in [0.2, 0.25) is 0 Å². The van der Waals surface area contributed by atoms with Crippen molar-refractivity contribution < 1.29 is 9.53 Å². The van der Waals surface area contributed by atoms with Crippen LogP contribution in [0.4, 0.5) is 0 Å². The van der Waals surface area contributed by atoms with E-state index in [0.29, 0.717) is 13.0 Å². The Bertz CT molecular complexity index is 312. The molecule has 4 nitrogen and oxygen atoms in total. The highest BCUT2D eigenvalue weighted by Gasteiger charge is 2.17. The molecule has 2 N–H and O–H groups in total. The molecule has 14 heavy (non-hydrogen) atoms. The van der Waals surface area contributed by atoms with Crippen molar-refractivity contribution in [2.75, 3.05) is 13.7 Å². The summed E-state index contributed by atoms with van der Waals surface area (Å²) < 4.78 is 4.59. The van der Waals surface area contributed by atoms with E-state index in [2.05, 4.69) is 9.72 Å². The highest BCUT2D eigenvalue weighted by atomic mass is 32.1. The van der Waals surface area contributed by atoms with Crippen LogP contribution < -0.4 is 5.73 Å². The minimum Gasteiger partial charge on any atom is -0.469 e. The maximum atomic E-state index is 11.1. The third kappa shape index (κ3) is 2.78. The Hall–Kier alpha value is -0.940. The zero-order chi connectivity index (χ0) is 10.6. The Morgan fingerprint density at radius 1 is 1.79 bits per heavy atom. The predicted octanol–water partition coefficient (Wildman–Crippen LogP) is 1.06. The zero-order valence-corrected chi connectivity index (χ0v) is 9.13. The number of nitrogens with zero attached hydrogens (tertiary/aromatic N) is 1. The van der Waals surface area contributed by atoms with Crippen molar-refractivity contribution in [2.24, 2.45) is 5.73 Å². The Morgan fingerprint density at radius 2 is 2.50 bits per heavy atom. The first-order chi connectivity index (χ1) is 6.67. The molecule has 0 fully saturated rings. The van der Waals surface area contributed by atoms with Gasteiger partial charge in [-0.3, -0.25) is 4.79 Å². The summed E-state index contributed by atoms with van der Waals surface area (Å²) in [5.41, 5.74) is 6.54. The van der Waals surface area contributed by atoms with Crippen molar-refractivity contribution in [3.63, 3.8) is 0 Å². The predicted molar refractivity (Wildman–Crippen MR) is 55.3 cm³/mol. The van der Waals surface area contributed by atoms with E-state index >= 15 is 0 Å². The van der Waals surface area contributed by atoms with Crippen LogP contribution in [0.15, 0.2) is 5.38 Å². The van der Waals surface area contributed by atoms with Gasteiger partial charge in [-0.15, -0.1) is 11.3 Å². The fraction of sp³-hybridized carbons (Fsp3) is 0.556. The average Bonchev–Trinajstić information content (AvgIpc) is 2.60. The average molecular weight is 214 g/mol. The second-order valence-corrected chi connectivity index (χ2v) is 3.93. The first-order valence-electron chi connectivity index (χ1n) is 4.36. The summed E-state index contributed by atoms with van der Waals surface area (Å²) in [6.45, 7) is 2.34. The van der Waals surface area contributed by atoms with Gasteiger partial charge < -0.3 is 10.5 Å². The number of carbonyl (C=O) groups is 1. The molecule has 1 atom stereocenters. The normalized spacial score (nSPS) is 12.5. The fourth-order valence-electron chi connectivity index (χ4n) is 1.12. The van der Waals surface area contributed by atoms with Crippen molar-refractivity contribution in [3.05, 3.63) is 16.1 Å². The topological polar surface area (TPSA) is 65.2 Å². The molecule has 5 heteroatoms. The largest absolute Gasteiger partial charge is 0.469 e. The van der Waals surface area contributed by atoms with Crippen LogP contribution in [0.5, 0.6) is 0 Å². The molecular weight excluding hydrogens is 200 g/mol. The van der Waals surface area contributed by atoms with Gasteiger partial charge in [0.25, 0.3) is 0 Å².